The Labute approximate surface area is 213 Å². The number of aliphatic hydroxyl groups is 2. The molecule has 1 aliphatic rings. The van der Waals surface area contributed by atoms with Gasteiger partial charge in [0.05, 0.1) is 12.7 Å². The van der Waals surface area contributed by atoms with Crippen molar-refractivity contribution in [1.82, 2.24) is 0 Å². The van der Waals surface area contributed by atoms with Crippen LogP contribution in [0.5, 0.6) is 11.5 Å². The van der Waals surface area contributed by atoms with Gasteiger partial charge in [0.2, 0.25) is 6.29 Å². The number of methoxy groups -OCH3 is 2. The maximum absolute atomic E-state index is 12.7. The molecule has 2 heterocycles. The Kier molecular flexibility index (Phi) is 7.29. The molecule has 198 valence electrons. The number of aryl methyl sites for hydroxylation is 2. The van der Waals surface area contributed by atoms with E-state index in [-0.39, 0.29) is 11.3 Å². The fraction of sp³-hybridized carbons (Fsp3) is 0.407. The SMILES string of the molecule is COc1ccc(C(=O)Nc2cc3ccc(O[C@@H]4OC(C)(C)C(OC)C(O)C4O)c(C)c3oc2=O)cc1C. The summed E-state index contributed by atoms with van der Waals surface area (Å²) in [6.07, 6.45) is -4.56. The van der Waals surface area contributed by atoms with Gasteiger partial charge in [-0.3, -0.25) is 4.79 Å². The average Bonchev–Trinajstić information content (AvgIpc) is 2.85. The Hall–Kier alpha value is -3.44. The quantitative estimate of drug-likeness (QED) is 0.425. The molecule has 3 unspecified atom stereocenters. The second-order valence-corrected chi connectivity index (χ2v) is 9.54. The number of ether oxygens (including phenoxy) is 4. The number of amides is 1. The van der Waals surface area contributed by atoms with Crippen LogP contribution < -0.4 is 20.4 Å². The molecule has 4 rings (SSSR count). The number of hydrogen-bond acceptors (Lipinski definition) is 9. The molecule has 0 aliphatic carbocycles. The van der Waals surface area contributed by atoms with E-state index >= 15 is 0 Å². The molecule has 1 saturated heterocycles. The lowest BCUT2D eigenvalue weighted by atomic mass is 9.89. The smallest absolute Gasteiger partial charge is 0.360 e. The van der Waals surface area contributed by atoms with Crippen LogP contribution in [0.25, 0.3) is 11.0 Å². The third-order valence-electron chi connectivity index (χ3n) is 6.55. The Morgan fingerprint density at radius 2 is 1.73 bits per heavy atom. The zero-order valence-corrected chi connectivity index (χ0v) is 21.5. The summed E-state index contributed by atoms with van der Waals surface area (Å²) < 4.78 is 27.8. The highest BCUT2D eigenvalue weighted by molar-refractivity contribution is 6.05. The molecular weight excluding hydrogens is 482 g/mol. The molecule has 0 spiro atoms. The molecule has 3 N–H and O–H groups in total. The minimum Gasteiger partial charge on any atom is -0.496 e. The van der Waals surface area contributed by atoms with E-state index < -0.39 is 41.7 Å². The van der Waals surface area contributed by atoms with Crippen LogP contribution in [0.4, 0.5) is 5.69 Å². The summed E-state index contributed by atoms with van der Waals surface area (Å²) in [5.74, 6) is 0.482. The Morgan fingerprint density at radius 1 is 1.03 bits per heavy atom. The molecule has 3 aromatic rings. The zero-order valence-electron chi connectivity index (χ0n) is 21.5. The van der Waals surface area contributed by atoms with Gasteiger partial charge in [-0.25, -0.2) is 4.79 Å². The summed E-state index contributed by atoms with van der Waals surface area (Å²) in [4.78, 5) is 25.4. The molecule has 1 fully saturated rings. The Balaban J connectivity index is 1.59. The Bertz CT molecular complexity index is 1380. The average molecular weight is 514 g/mol. The topological polar surface area (TPSA) is 137 Å². The van der Waals surface area contributed by atoms with E-state index in [9.17, 15) is 19.8 Å². The van der Waals surface area contributed by atoms with Gasteiger partial charge in [0, 0.05) is 23.6 Å². The van der Waals surface area contributed by atoms with E-state index in [0.717, 1.165) is 5.56 Å². The van der Waals surface area contributed by atoms with Crippen LogP contribution in [0.2, 0.25) is 0 Å². The van der Waals surface area contributed by atoms with Crippen LogP contribution in [0.1, 0.15) is 35.3 Å². The van der Waals surface area contributed by atoms with Crippen molar-refractivity contribution < 1.29 is 38.4 Å². The molecule has 10 nitrogen and oxygen atoms in total. The van der Waals surface area contributed by atoms with E-state index in [2.05, 4.69) is 5.32 Å². The first-order chi connectivity index (χ1) is 17.5. The molecule has 37 heavy (non-hydrogen) atoms. The third-order valence-corrected chi connectivity index (χ3v) is 6.55. The number of nitrogens with one attached hydrogen (secondary N) is 1. The van der Waals surface area contributed by atoms with E-state index in [1.54, 1.807) is 58.2 Å². The highest BCUT2D eigenvalue weighted by Gasteiger charge is 2.50. The van der Waals surface area contributed by atoms with Gasteiger partial charge in [0.1, 0.15) is 41.1 Å². The third kappa shape index (κ3) is 5.05. The fourth-order valence-electron chi connectivity index (χ4n) is 4.56. The van der Waals surface area contributed by atoms with E-state index in [1.807, 2.05) is 6.92 Å². The van der Waals surface area contributed by atoms with Crippen molar-refractivity contribution >= 4 is 22.6 Å². The van der Waals surface area contributed by atoms with Gasteiger partial charge in [-0.15, -0.1) is 0 Å². The van der Waals surface area contributed by atoms with Gasteiger partial charge in [-0.05, 0) is 69.7 Å². The Morgan fingerprint density at radius 3 is 2.38 bits per heavy atom. The van der Waals surface area contributed by atoms with E-state index in [4.69, 9.17) is 23.4 Å². The van der Waals surface area contributed by atoms with E-state index in [1.165, 1.54) is 13.2 Å². The molecule has 4 atom stereocenters. The summed E-state index contributed by atoms with van der Waals surface area (Å²) in [7, 11) is 2.98. The lowest BCUT2D eigenvalue weighted by molar-refractivity contribution is -0.306. The van der Waals surface area contributed by atoms with Crippen molar-refractivity contribution in [2.75, 3.05) is 19.5 Å². The van der Waals surface area contributed by atoms with Crippen LogP contribution >= 0.6 is 0 Å². The molecule has 1 aromatic heterocycles. The van der Waals surface area contributed by atoms with Crippen molar-refractivity contribution in [2.45, 2.75) is 57.9 Å². The predicted molar refractivity (Wildman–Crippen MR) is 135 cm³/mol. The monoisotopic (exact) mass is 513 g/mol. The van der Waals surface area contributed by atoms with Gasteiger partial charge < -0.3 is 38.9 Å². The molecule has 10 heteroatoms. The van der Waals surface area contributed by atoms with Crippen molar-refractivity contribution in [3.63, 3.8) is 0 Å². The number of carbonyl (C=O) groups is 1. The molecule has 2 aromatic carbocycles. The maximum atomic E-state index is 12.7. The summed E-state index contributed by atoms with van der Waals surface area (Å²) in [6.45, 7) is 6.95. The number of carbonyl (C=O) groups excluding carboxylic acids is 1. The summed E-state index contributed by atoms with van der Waals surface area (Å²) in [5, 5.41) is 24.2. The molecule has 0 saturated carbocycles. The van der Waals surface area contributed by atoms with Crippen LogP contribution in [0.15, 0.2) is 45.6 Å². The van der Waals surface area contributed by atoms with Crippen molar-refractivity contribution in [3.8, 4) is 11.5 Å². The van der Waals surface area contributed by atoms with Crippen molar-refractivity contribution in [1.29, 1.82) is 0 Å². The standard InChI is InChI=1S/C27H31NO9/c1-13-11-16(8-9-18(13)33-5)24(31)28-17-12-15-7-10-19(14(2)22(15)36-25(17)32)35-26-21(30)20(29)23(34-6)27(3,4)37-26/h7-12,20-21,23,26,29-30H,1-6H3,(H,28,31)/t20?,21?,23?,26-/m1/s1. The number of anilines is 1. The van der Waals surface area contributed by atoms with Crippen LogP contribution in [-0.4, -0.2) is 60.5 Å². The maximum Gasteiger partial charge on any atom is 0.360 e. The molecular formula is C27H31NO9. The van der Waals surface area contributed by atoms with Crippen LogP contribution in [-0.2, 0) is 9.47 Å². The first-order valence-corrected chi connectivity index (χ1v) is 11.7. The van der Waals surface area contributed by atoms with Gasteiger partial charge in [-0.2, -0.15) is 0 Å². The highest BCUT2D eigenvalue weighted by Crippen LogP contribution is 2.35. The summed E-state index contributed by atoms with van der Waals surface area (Å²) in [6, 6.07) is 9.76. The van der Waals surface area contributed by atoms with Crippen LogP contribution in [0, 0.1) is 13.8 Å². The second kappa shape index (κ2) is 10.1. The normalized spacial score (nSPS) is 23.0. The number of hydrogen-bond donors (Lipinski definition) is 3. The largest absolute Gasteiger partial charge is 0.496 e. The summed E-state index contributed by atoms with van der Waals surface area (Å²) in [5.41, 5.74) is 0.190. The second-order valence-electron chi connectivity index (χ2n) is 9.54. The molecule has 1 amide bonds. The van der Waals surface area contributed by atoms with Gasteiger partial charge in [0.15, 0.2) is 0 Å². The molecule has 1 aliphatic heterocycles. The summed E-state index contributed by atoms with van der Waals surface area (Å²) >= 11 is 0. The lowest BCUT2D eigenvalue weighted by Gasteiger charge is -2.46. The van der Waals surface area contributed by atoms with Crippen molar-refractivity contribution in [2.24, 2.45) is 0 Å². The molecule has 0 radical (unpaired) electrons. The minimum absolute atomic E-state index is 0.0134. The first-order valence-electron chi connectivity index (χ1n) is 11.7. The number of fused-ring (bicyclic) bond motifs is 1. The van der Waals surface area contributed by atoms with Crippen molar-refractivity contribution in [3.05, 3.63) is 63.5 Å². The van der Waals surface area contributed by atoms with Gasteiger partial charge in [0.25, 0.3) is 5.91 Å². The van der Waals surface area contributed by atoms with Gasteiger partial charge >= 0.3 is 5.63 Å². The number of rotatable bonds is 6. The van der Waals surface area contributed by atoms with Gasteiger partial charge in [-0.1, -0.05) is 0 Å². The minimum atomic E-state index is -1.38. The highest BCUT2D eigenvalue weighted by atomic mass is 16.7. The number of aliphatic hydroxyl groups excluding tert-OH is 2. The number of benzene rings is 2. The zero-order chi connectivity index (χ0) is 27.1. The van der Waals surface area contributed by atoms with Crippen LogP contribution in [0.3, 0.4) is 0 Å². The fourth-order valence-corrected chi connectivity index (χ4v) is 4.56. The first kappa shape index (κ1) is 26.6. The lowest BCUT2D eigenvalue weighted by Crippen LogP contribution is -2.63. The van der Waals surface area contributed by atoms with E-state index in [0.29, 0.717) is 28.0 Å². The predicted octanol–water partition coefficient (Wildman–Crippen LogP) is 2.92. The molecule has 0 bridgehead atoms.